The van der Waals surface area contributed by atoms with Crippen LogP contribution in [0, 0.1) is 6.92 Å². The number of methoxy groups -OCH3 is 1. The summed E-state index contributed by atoms with van der Waals surface area (Å²) in [5, 5.41) is 2.94. The molecule has 1 N–H and O–H groups in total. The van der Waals surface area contributed by atoms with Gasteiger partial charge in [0.1, 0.15) is 5.75 Å². The molecule has 6 nitrogen and oxygen atoms in total. The van der Waals surface area contributed by atoms with Gasteiger partial charge in [0.2, 0.25) is 15.9 Å². The summed E-state index contributed by atoms with van der Waals surface area (Å²) in [6, 6.07) is 12.0. The highest BCUT2D eigenvalue weighted by molar-refractivity contribution is 7.89. The van der Waals surface area contributed by atoms with Crippen molar-refractivity contribution in [2.45, 2.75) is 25.3 Å². The molecule has 2 rings (SSSR count). The fourth-order valence-corrected chi connectivity index (χ4v) is 4.20. The maximum absolute atomic E-state index is 12.8. The van der Waals surface area contributed by atoms with E-state index in [0.29, 0.717) is 12.3 Å². The second kappa shape index (κ2) is 9.21. The van der Waals surface area contributed by atoms with Crippen LogP contribution in [0.1, 0.15) is 18.1 Å². The molecule has 0 saturated heterocycles. The minimum absolute atomic E-state index is 0.0153. The smallest absolute Gasteiger partial charge is 0.243 e. The minimum atomic E-state index is -3.85. The SMILES string of the molecule is CCN(CC(=O)NCc1ccc(C)cc1)S(=O)(=O)c1ccc(OC)c(Cl)c1. The molecule has 146 valence electrons. The Kier molecular flexibility index (Phi) is 7.24. The van der Waals surface area contributed by atoms with E-state index in [1.54, 1.807) is 6.92 Å². The van der Waals surface area contributed by atoms with Crippen LogP contribution in [0.2, 0.25) is 5.02 Å². The average molecular weight is 411 g/mol. The molecule has 1 amide bonds. The van der Waals surface area contributed by atoms with E-state index >= 15 is 0 Å². The van der Waals surface area contributed by atoms with E-state index in [0.717, 1.165) is 15.4 Å². The van der Waals surface area contributed by atoms with Gasteiger partial charge in [0.05, 0.1) is 23.6 Å². The highest BCUT2D eigenvalue weighted by Crippen LogP contribution is 2.28. The standard InChI is InChI=1S/C19H23ClN2O4S/c1-4-22(13-19(23)21-12-15-7-5-14(2)6-8-15)27(24,25)16-9-10-18(26-3)17(20)11-16/h5-11H,4,12-13H2,1-3H3,(H,21,23). The summed E-state index contributed by atoms with van der Waals surface area (Å²) in [7, 11) is -2.40. The number of benzene rings is 2. The lowest BCUT2D eigenvalue weighted by atomic mass is 10.1. The molecule has 8 heteroatoms. The molecular formula is C19H23ClN2O4S. The average Bonchev–Trinajstić information content (AvgIpc) is 2.65. The number of carbonyl (C=O) groups is 1. The third-order valence-corrected chi connectivity index (χ3v) is 6.26. The first-order valence-electron chi connectivity index (χ1n) is 8.44. The zero-order chi connectivity index (χ0) is 20.0. The van der Waals surface area contributed by atoms with Crippen molar-refractivity contribution in [1.29, 1.82) is 0 Å². The third kappa shape index (κ3) is 5.45. The molecule has 27 heavy (non-hydrogen) atoms. The second-order valence-electron chi connectivity index (χ2n) is 5.99. The van der Waals surface area contributed by atoms with Gasteiger partial charge in [0, 0.05) is 13.1 Å². The van der Waals surface area contributed by atoms with Crippen molar-refractivity contribution < 1.29 is 17.9 Å². The second-order valence-corrected chi connectivity index (χ2v) is 8.34. The van der Waals surface area contributed by atoms with Crippen LogP contribution in [0.5, 0.6) is 5.75 Å². The molecule has 0 radical (unpaired) electrons. The number of hydrogen-bond donors (Lipinski definition) is 1. The molecule has 0 atom stereocenters. The van der Waals surface area contributed by atoms with Crippen LogP contribution in [-0.2, 0) is 21.4 Å². The Morgan fingerprint density at radius 1 is 1.19 bits per heavy atom. The number of sulfonamides is 1. The number of aryl methyl sites for hydroxylation is 1. The van der Waals surface area contributed by atoms with E-state index in [1.165, 1.54) is 25.3 Å². The molecule has 0 bridgehead atoms. The Bertz CT molecular complexity index is 898. The topological polar surface area (TPSA) is 75.7 Å². The predicted molar refractivity (Wildman–Crippen MR) is 105 cm³/mol. The molecule has 2 aromatic carbocycles. The lowest BCUT2D eigenvalue weighted by Crippen LogP contribution is -2.40. The lowest BCUT2D eigenvalue weighted by Gasteiger charge is -2.20. The summed E-state index contributed by atoms with van der Waals surface area (Å²) in [6.07, 6.45) is 0. The van der Waals surface area contributed by atoms with Crippen LogP contribution < -0.4 is 10.1 Å². The molecular weight excluding hydrogens is 388 g/mol. The van der Waals surface area contributed by atoms with Crippen molar-refractivity contribution >= 4 is 27.5 Å². The van der Waals surface area contributed by atoms with Crippen molar-refractivity contribution in [2.24, 2.45) is 0 Å². The van der Waals surface area contributed by atoms with Crippen molar-refractivity contribution in [3.8, 4) is 5.75 Å². The van der Waals surface area contributed by atoms with Gasteiger partial charge in [-0.25, -0.2) is 8.42 Å². The summed E-state index contributed by atoms with van der Waals surface area (Å²) in [5.41, 5.74) is 2.08. The van der Waals surface area contributed by atoms with Gasteiger partial charge in [0.25, 0.3) is 0 Å². The van der Waals surface area contributed by atoms with Gasteiger partial charge >= 0.3 is 0 Å². The minimum Gasteiger partial charge on any atom is -0.495 e. The first kappa shape index (κ1) is 21.2. The number of nitrogens with one attached hydrogen (secondary N) is 1. The number of hydrogen-bond acceptors (Lipinski definition) is 4. The highest BCUT2D eigenvalue weighted by atomic mass is 35.5. The van der Waals surface area contributed by atoms with Gasteiger partial charge in [0.15, 0.2) is 0 Å². The Labute approximate surface area is 165 Å². The molecule has 0 aliphatic heterocycles. The van der Waals surface area contributed by atoms with Gasteiger partial charge < -0.3 is 10.1 Å². The molecule has 0 heterocycles. The van der Waals surface area contributed by atoms with Crippen LogP contribution >= 0.6 is 11.6 Å². The molecule has 0 aliphatic carbocycles. The van der Waals surface area contributed by atoms with Crippen LogP contribution in [0.4, 0.5) is 0 Å². The summed E-state index contributed by atoms with van der Waals surface area (Å²) >= 11 is 6.03. The van der Waals surface area contributed by atoms with E-state index < -0.39 is 10.0 Å². The summed E-state index contributed by atoms with van der Waals surface area (Å²) in [6.45, 7) is 3.89. The van der Waals surface area contributed by atoms with Crippen LogP contribution in [0.3, 0.4) is 0 Å². The van der Waals surface area contributed by atoms with Gasteiger partial charge in [-0.1, -0.05) is 48.4 Å². The van der Waals surface area contributed by atoms with Crippen LogP contribution in [0.15, 0.2) is 47.4 Å². The molecule has 0 saturated carbocycles. The Balaban J connectivity index is 2.07. The number of ether oxygens (including phenoxy) is 1. The quantitative estimate of drug-likeness (QED) is 0.725. The summed E-state index contributed by atoms with van der Waals surface area (Å²) in [5.74, 6) is 0.00937. The maximum Gasteiger partial charge on any atom is 0.243 e. The fourth-order valence-electron chi connectivity index (χ4n) is 2.45. The molecule has 0 fully saturated rings. The first-order chi connectivity index (χ1) is 12.8. The Hall–Kier alpha value is -2.09. The van der Waals surface area contributed by atoms with Crippen molar-refractivity contribution in [3.05, 3.63) is 58.6 Å². The number of likely N-dealkylation sites (N-methyl/N-ethyl adjacent to an activating group) is 1. The molecule has 0 aliphatic rings. The van der Waals surface area contributed by atoms with Crippen LogP contribution in [-0.4, -0.2) is 38.8 Å². The number of rotatable bonds is 8. The number of amides is 1. The van der Waals surface area contributed by atoms with E-state index in [4.69, 9.17) is 16.3 Å². The van der Waals surface area contributed by atoms with Crippen molar-refractivity contribution in [1.82, 2.24) is 9.62 Å². The van der Waals surface area contributed by atoms with Gasteiger partial charge in [-0.3, -0.25) is 4.79 Å². The largest absolute Gasteiger partial charge is 0.495 e. The van der Waals surface area contributed by atoms with E-state index in [9.17, 15) is 13.2 Å². The van der Waals surface area contributed by atoms with Crippen LogP contribution in [0.25, 0.3) is 0 Å². The van der Waals surface area contributed by atoms with Gasteiger partial charge in [-0.05, 0) is 30.7 Å². The highest BCUT2D eigenvalue weighted by Gasteiger charge is 2.26. The molecule has 0 spiro atoms. The first-order valence-corrected chi connectivity index (χ1v) is 10.3. The van der Waals surface area contributed by atoms with Crippen molar-refractivity contribution in [3.63, 3.8) is 0 Å². The number of nitrogens with zero attached hydrogens (tertiary/aromatic N) is 1. The zero-order valence-electron chi connectivity index (χ0n) is 15.5. The normalized spacial score (nSPS) is 11.4. The van der Waals surface area contributed by atoms with Gasteiger partial charge in [-0.2, -0.15) is 4.31 Å². The van der Waals surface area contributed by atoms with E-state index in [2.05, 4.69) is 5.32 Å². The molecule has 0 aromatic heterocycles. The van der Waals surface area contributed by atoms with Gasteiger partial charge in [-0.15, -0.1) is 0 Å². The molecule has 2 aromatic rings. The van der Waals surface area contributed by atoms with E-state index in [1.807, 2.05) is 31.2 Å². The maximum atomic E-state index is 12.8. The zero-order valence-corrected chi connectivity index (χ0v) is 17.1. The summed E-state index contributed by atoms with van der Waals surface area (Å²) in [4.78, 5) is 12.2. The monoisotopic (exact) mass is 410 g/mol. The Morgan fingerprint density at radius 2 is 1.85 bits per heavy atom. The van der Waals surface area contributed by atoms with E-state index in [-0.39, 0.29) is 28.9 Å². The predicted octanol–water partition coefficient (Wildman–Crippen LogP) is 2.98. The Morgan fingerprint density at radius 3 is 2.41 bits per heavy atom. The molecule has 0 unspecified atom stereocenters. The third-order valence-electron chi connectivity index (χ3n) is 4.04. The number of halogens is 1. The number of carbonyl (C=O) groups excluding carboxylic acids is 1. The summed E-state index contributed by atoms with van der Waals surface area (Å²) < 4.78 is 31.8. The van der Waals surface area contributed by atoms with Crippen molar-refractivity contribution in [2.75, 3.05) is 20.2 Å². The fraction of sp³-hybridized carbons (Fsp3) is 0.316. The lowest BCUT2D eigenvalue weighted by molar-refractivity contribution is -0.121.